The Morgan fingerprint density at radius 3 is 1.73 bits per heavy atom. The van der Waals surface area contributed by atoms with Gasteiger partial charge in [0, 0.05) is 22.3 Å². The van der Waals surface area contributed by atoms with Crippen LogP contribution in [-0.4, -0.2) is 20.0 Å². The predicted octanol–water partition coefficient (Wildman–Crippen LogP) is 8.42. The molecule has 0 heterocycles. The highest BCUT2D eigenvalue weighted by Gasteiger charge is 2.17. The lowest BCUT2D eigenvalue weighted by molar-refractivity contribution is 0.103. The molecule has 5 aromatic rings. The van der Waals surface area contributed by atoms with Crippen molar-refractivity contribution in [2.24, 2.45) is 0 Å². The van der Waals surface area contributed by atoms with Gasteiger partial charge in [-0.3, -0.25) is 4.79 Å². The van der Waals surface area contributed by atoms with Crippen LogP contribution in [0, 0.1) is 25.2 Å². The summed E-state index contributed by atoms with van der Waals surface area (Å²) in [6.45, 7) is 4.16. The van der Waals surface area contributed by atoms with Crippen LogP contribution in [0.4, 0.5) is 0 Å². The monoisotopic (exact) mass is 523 g/mol. The fraction of sp³-hybridized carbons (Fsp3) is 0.111. The van der Waals surface area contributed by atoms with Crippen molar-refractivity contribution in [3.63, 3.8) is 0 Å². The maximum absolute atomic E-state index is 12.8. The first-order valence-corrected chi connectivity index (χ1v) is 13.0. The van der Waals surface area contributed by atoms with E-state index in [1.807, 2.05) is 84.9 Å². The average molecular weight is 524 g/mol. The van der Waals surface area contributed by atoms with E-state index in [1.165, 1.54) is 0 Å². The predicted molar refractivity (Wildman–Crippen MR) is 160 cm³/mol. The van der Waals surface area contributed by atoms with Crippen LogP contribution in [0.25, 0.3) is 33.4 Å². The molecule has 0 aromatic heterocycles. The molecule has 5 rings (SSSR count). The highest BCUT2D eigenvalue weighted by atomic mass is 16.5. The van der Waals surface area contributed by atoms with E-state index >= 15 is 0 Å². The first-order chi connectivity index (χ1) is 19.4. The van der Waals surface area contributed by atoms with E-state index in [4.69, 9.17) is 14.7 Å². The molecule has 0 atom stereocenters. The number of rotatable bonds is 7. The van der Waals surface area contributed by atoms with Crippen molar-refractivity contribution in [2.45, 2.75) is 13.8 Å². The number of ketones is 1. The van der Waals surface area contributed by atoms with Crippen molar-refractivity contribution < 1.29 is 14.3 Å². The molecule has 0 unspecified atom stereocenters. The van der Waals surface area contributed by atoms with Crippen LogP contribution in [-0.2, 0) is 0 Å². The minimum atomic E-state index is 0.00526. The zero-order chi connectivity index (χ0) is 28.2. The van der Waals surface area contributed by atoms with E-state index in [-0.39, 0.29) is 5.78 Å². The summed E-state index contributed by atoms with van der Waals surface area (Å²) in [5.74, 6) is 1.50. The maximum atomic E-state index is 12.8. The van der Waals surface area contributed by atoms with Crippen LogP contribution in [0.5, 0.6) is 11.5 Å². The van der Waals surface area contributed by atoms with Gasteiger partial charge in [-0.05, 0) is 83.6 Å². The molecule has 4 nitrogen and oxygen atoms in total. The van der Waals surface area contributed by atoms with Gasteiger partial charge >= 0.3 is 0 Å². The molecule has 0 saturated heterocycles. The van der Waals surface area contributed by atoms with Crippen molar-refractivity contribution in [2.75, 3.05) is 14.2 Å². The molecular weight excluding hydrogens is 494 g/mol. The Morgan fingerprint density at radius 1 is 0.600 bits per heavy atom. The van der Waals surface area contributed by atoms with Gasteiger partial charge in [-0.2, -0.15) is 5.26 Å². The van der Waals surface area contributed by atoms with Gasteiger partial charge in [-0.15, -0.1) is 0 Å². The van der Waals surface area contributed by atoms with Crippen molar-refractivity contribution in [1.29, 1.82) is 5.26 Å². The minimum Gasteiger partial charge on any atom is -0.496 e. The van der Waals surface area contributed by atoms with Crippen molar-refractivity contribution >= 4 is 5.78 Å². The molecule has 0 saturated carbocycles. The number of nitrogens with zero attached hydrogens (tertiary/aromatic N) is 1. The van der Waals surface area contributed by atoms with Crippen LogP contribution < -0.4 is 9.47 Å². The van der Waals surface area contributed by atoms with Crippen LogP contribution in [0.1, 0.15) is 32.6 Å². The summed E-state index contributed by atoms with van der Waals surface area (Å²) in [5.41, 5.74) is 10.1. The Balaban J connectivity index is 1.51. The molecule has 4 heteroatoms. The third kappa shape index (κ3) is 5.10. The zero-order valence-corrected chi connectivity index (χ0v) is 23.0. The number of carbonyl (C=O) groups excluding carboxylic acids is 1. The number of carbonyl (C=O) groups is 1. The zero-order valence-electron chi connectivity index (χ0n) is 23.0. The van der Waals surface area contributed by atoms with Gasteiger partial charge in [-0.25, -0.2) is 0 Å². The van der Waals surface area contributed by atoms with Gasteiger partial charge in [-0.1, -0.05) is 66.7 Å². The Kier molecular flexibility index (Phi) is 7.48. The highest BCUT2D eigenvalue weighted by molar-refractivity contribution is 6.09. The molecule has 0 amide bonds. The smallest absolute Gasteiger partial charge is 0.193 e. The first kappa shape index (κ1) is 26.5. The fourth-order valence-corrected chi connectivity index (χ4v) is 5.03. The number of aryl methyl sites for hydroxylation is 2. The van der Waals surface area contributed by atoms with E-state index in [0.29, 0.717) is 16.7 Å². The van der Waals surface area contributed by atoms with Gasteiger partial charge in [0.15, 0.2) is 5.78 Å². The Hall–Kier alpha value is -5.14. The molecule has 196 valence electrons. The minimum absolute atomic E-state index is 0.00526. The molecule has 0 aliphatic rings. The second-order valence-electron chi connectivity index (χ2n) is 9.70. The standard InChI is InChI=1S/C36H29NO3/c1-23-19-33(31-21-34(39-3)32(18-24(31)2)27-12-10-25(22-37)11-13-27)35(40-4)20-30(23)26-14-16-29(17-15-26)36(38)28-8-6-5-7-9-28/h5-21H,1-4H3. The molecule has 0 N–H and O–H groups in total. The topological polar surface area (TPSA) is 59.3 Å². The van der Waals surface area contributed by atoms with Crippen molar-refractivity contribution in [3.05, 3.63) is 131 Å². The second kappa shape index (κ2) is 11.3. The van der Waals surface area contributed by atoms with Gasteiger partial charge in [0.1, 0.15) is 11.5 Å². The summed E-state index contributed by atoms with van der Waals surface area (Å²) in [5, 5.41) is 9.15. The van der Waals surface area contributed by atoms with Gasteiger partial charge in [0.2, 0.25) is 0 Å². The SMILES string of the molecule is COc1cc(-c2cc(C)c(-c3ccc(C(=O)c4ccccc4)cc3)cc2OC)c(C)cc1-c1ccc(C#N)cc1. The Morgan fingerprint density at radius 2 is 1.10 bits per heavy atom. The normalized spacial score (nSPS) is 10.6. The fourth-order valence-electron chi connectivity index (χ4n) is 5.03. The number of hydrogen-bond donors (Lipinski definition) is 0. The molecule has 40 heavy (non-hydrogen) atoms. The molecular formula is C36H29NO3. The maximum Gasteiger partial charge on any atom is 0.193 e. The van der Waals surface area contributed by atoms with E-state index in [0.717, 1.165) is 56.0 Å². The lowest BCUT2D eigenvalue weighted by atomic mass is 9.90. The number of nitriles is 1. The van der Waals surface area contributed by atoms with E-state index < -0.39 is 0 Å². The lowest BCUT2D eigenvalue weighted by Gasteiger charge is -2.18. The summed E-state index contributed by atoms with van der Waals surface area (Å²) >= 11 is 0. The van der Waals surface area contributed by atoms with Crippen molar-refractivity contribution in [1.82, 2.24) is 0 Å². The average Bonchev–Trinajstić information content (AvgIpc) is 3.01. The molecule has 0 fully saturated rings. The summed E-state index contributed by atoms with van der Waals surface area (Å²) in [6.07, 6.45) is 0. The summed E-state index contributed by atoms with van der Waals surface area (Å²) < 4.78 is 11.7. The highest BCUT2D eigenvalue weighted by Crippen LogP contribution is 2.42. The first-order valence-electron chi connectivity index (χ1n) is 13.0. The van der Waals surface area contributed by atoms with Crippen molar-refractivity contribution in [3.8, 4) is 50.9 Å². The number of benzene rings is 5. The van der Waals surface area contributed by atoms with Gasteiger partial charge in [0.05, 0.1) is 25.9 Å². The second-order valence-corrected chi connectivity index (χ2v) is 9.70. The third-order valence-electron chi connectivity index (χ3n) is 7.20. The Bertz CT molecular complexity index is 1730. The van der Waals surface area contributed by atoms with Gasteiger partial charge in [0.25, 0.3) is 0 Å². The van der Waals surface area contributed by atoms with Gasteiger partial charge < -0.3 is 9.47 Å². The summed E-state index contributed by atoms with van der Waals surface area (Å²) in [4.78, 5) is 12.8. The third-order valence-corrected chi connectivity index (χ3v) is 7.20. The van der Waals surface area contributed by atoms with Crippen LogP contribution in [0.15, 0.2) is 103 Å². The number of hydrogen-bond acceptors (Lipinski definition) is 4. The number of ether oxygens (including phenoxy) is 2. The molecule has 5 aromatic carbocycles. The quantitative estimate of drug-likeness (QED) is 0.201. The largest absolute Gasteiger partial charge is 0.496 e. The Labute approximate surface area is 235 Å². The summed E-state index contributed by atoms with van der Waals surface area (Å²) in [6, 6.07) is 35.0. The lowest BCUT2D eigenvalue weighted by Crippen LogP contribution is -2.00. The molecule has 0 radical (unpaired) electrons. The molecule has 0 aliphatic heterocycles. The van der Waals surface area contributed by atoms with E-state index in [9.17, 15) is 4.79 Å². The van der Waals surface area contributed by atoms with E-state index in [1.54, 1.807) is 14.2 Å². The number of methoxy groups -OCH3 is 2. The van der Waals surface area contributed by atoms with Crippen LogP contribution in [0.2, 0.25) is 0 Å². The van der Waals surface area contributed by atoms with Crippen LogP contribution in [0.3, 0.4) is 0 Å². The molecule has 0 spiro atoms. The van der Waals surface area contributed by atoms with Crippen LogP contribution >= 0.6 is 0 Å². The van der Waals surface area contributed by atoms with E-state index in [2.05, 4.69) is 38.1 Å². The molecule has 0 bridgehead atoms. The summed E-state index contributed by atoms with van der Waals surface area (Å²) in [7, 11) is 3.34. The molecule has 0 aliphatic carbocycles.